The molecule has 0 saturated carbocycles. The SMILES string of the molecule is COCO[C@@H]1C(Br)c2ccccc2[C@H]1N(C(=O)O)C(OC)C(C)(C)C. The van der Waals surface area contributed by atoms with Crippen molar-refractivity contribution in [2.45, 2.75) is 44.0 Å². The van der Waals surface area contributed by atoms with E-state index in [1.54, 1.807) is 7.11 Å². The minimum atomic E-state index is -1.05. The summed E-state index contributed by atoms with van der Waals surface area (Å²) in [4.78, 5) is 13.4. The number of ether oxygens (including phenoxy) is 3. The van der Waals surface area contributed by atoms with E-state index in [1.807, 2.05) is 45.0 Å². The van der Waals surface area contributed by atoms with Gasteiger partial charge in [-0.25, -0.2) is 4.79 Å². The third-order valence-corrected chi connectivity index (χ3v) is 5.34. The lowest BCUT2D eigenvalue weighted by Gasteiger charge is -2.42. The highest BCUT2D eigenvalue weighted by Crippen LogP contribution is 2.50. The van der Waals surface area contributed by atoms with E-state index in [0.717, 1.165) is 11.1 Å². The summed E-state index contributed by atoms with van der Waals surface area (Å²) >= 11 is 3.67. The van der Waals surface area contributed by atoms with Crippen LogP contribution in [0.25, 0.3) is 0 Å². The second kappa shape index (κ2) is 8.03. The Morgan fingerprint density at radius 1 is 1.28 bits per heavy atom. The van der Waals surface area contributed by atoms with Gasteiger partial charge in [-0.3, -0.25) is 4.90 Å². The van der Waals surface area contributed by atoms with Crippen LogP contribution in [0.15, 0.2) is 24.3 Å². The highest BCUT2D eigenvalue weighted by molar-refractivity contribution is 9.09. The number of fused-ring (bicyclic) bond motifs is 1. The Hall–Kier alpha value is -1.15. The number of halogens is 1. The van der Waals surface area contributed by atoms with E-state index >= 15 is 0 Å². The summed E-state index contributed by atoms with van der Waals surface area (Å²) < 4.78 is 16.5. The van der Waals surface area contributed by atoms with Crippen LogP contribution in [0.4, 0.5) is 4.79 Å². The minimum absolute atomic E-state index is 0.0812. The van der Waals surface area contributed by atoms with Crippen molar-refractivity contribution in [3.63, 3.8) is 0 Å². The van der Waals surface area contributed by atoms with Gasteiger partial charge in [-0.15, -0.1) is 0 Å². The quantitative estimate of drug-likeness (QED) is 0.557. The van der Waals surface area contributed by atoms with Crippen molar-refractivity contribution in [1.29, 1.82) is 0 Å². The van der Waals surface area contributed by atoms with Gasteiger partial charge in [0.25, 0.3) is 0 Å². The average molecular weight is 416 g/mol. The van der Waals surface area contributed by atoms with Crippen molar-refractivity contribution < 1.29 is 24.1 Å². The van der Waals surface area contributed by atoms with Crippen molar-refractivity contribution in [3.05, 3.63) is 35.4 Å². The molecule has 0 fully saturated rings. The van der Waals surface area contributed by atoms with Gasteiger partial charge in [-0.1, -0.05) is 61.0 Å². The van der Waals surface area contributed by atoms with Gasteiger partial charge < -0.3 is 19.3 Å². The Bertz CT molecular complexity index is 603. The summed E-state index contributed by atoms with van der Waals surface area (Å²) in [6.45, 7) is 5.94. The Morgan fingerprint density at radius 2 is 1.88 bits per heavy atom. The molecule has 0 aromatic heterocycles. The van der Waals surface area contributed by atoms with Crippen LogP contribution in [0.2, 0.25) is 0 Å². The molecule has 1 aliphatic carbocycles. The zero-order valence-electron chi connectivity index (χ0n) is 15.2. The van der Waals surface area contributed by atoms with Crippen molar-refractivity contribution in [1.82, 2.24) is 4.90 Å². The molecule has 1 aromatic carbocycles. The van der Waals surface area contributed by atoms with Gasteiger partial charge in [-0.2, -0.15) is 0 Å². The number of hydrogen-bond acceptors (Lipinski definition) is 4. The van der Waals surface area contributed by atoms with E-state index in [-0.39, 0.29) is 11.6 Å². The molecule has 25 heavy (non-hydrogen) atoms. The van der Waals surface area contributed by atoms with Crippen LogP contribution in [0.5, 0.6) is 0 Å². The summed E-state index contributed by atoms with van der Waals surface area (Å²) in [6.07, 6.45) is -2.10. The van der Waals surface area contributed by atoms with Gasteiger partial charge in [0, 0.05) is 19.6 Å². The zero-order chi connectivity index (χ0) is 18.8. The number of hydrogen-bond donors (Lipinski definition) is 1. The van der Waals surface area contributed by atoms with Crippen LogP contribution in [-0.4, -0.2) is 49.4 Å². The van der Waals surface area contributed by atoms with E-state index in [0.29, 0.717) is 0 Å². The fourth-order valence-electron chi connectivity index (χ4n) is 3.43. The molecule has 2 unspecified atom stereocenters. The number of alkyl halides is 1. The molecule has 1 aromatic rings. The number of methoxy groups -OCH3 is 2. The van der Waals surface area contributed by atoms with E-state index in [9.17, 15) is 9.90 Å². The maximum absolute atomic E-state index is 12.2. The fourth-order valence-corrected chi connectivity index (χ4v) is 4.28. The van der Waals surface area contributed by atoms with E-state index < -0.39 is 29.9 Å². The Kier molecular flexibility index (Phi) is 6.48. The predicted octanol–water partition coefficient (Wildman–Crippen LogP) is 4.17. The topological polar surface area (TPSA) is 68.2 Å². The molecule has 1 aliphatic rings. The molecule has 6 nitrogen and oxygen atoms in total. The second-order valence-corrected chi connectivity index (χ2v) is 8.14. The monoisotopic (exact) mass is 415 g/mol. The highest BCUT2D eigenvalue weighted by atomic mass is 79.9. The number of carboxylic acid groups (broad SMARTS) is 1. The van der Waals surface area contributed by atoms with Gasteiger partial charge >= 0.3 is 6.09 Å². The molecule has 0 radical (unpaired) electrons. The third kappa shape index (κ3) is 4.00. The third-order valence-electron chi connectivity index (χ3n) is 4.33. The van der Waals surface area contributed by atoms with Crippen LogP contribution in [0.3, 0.4) is 0 Å². The first-order valence-corrected chi connectivity index (χ1v) is 9.03. The van der Waals surface area contributed by atoms with Gasteiger partial charge in [-0.05, 0) is 11.1 Å². The number of amides is 1. The lowest BCUT2D eigenvalue weighted by molar-refractivity contribution is -0.142. The average Bonchev–Trinajstić information content (AvgIpc) is 2.81. The van der Waals surface area contributed by atoms with Crippen molar-refractivity contribution in [3.8, 4) is 0 Å². The van der Waals surface area contributed by atoms with Crippen molar-refractivity contribution in [2.75, 3.05) is 21.0 Å². The first-order valence-electron chi connectivity index (χ1n) is 8.11. The largest absolute Gasteiger partial charge is 0.465 e. The van der Waals surface area contributed by atoms with E-state index in [1.165, 1.54) is 12.0 Å². The molecule has 1 N–H and O–H groups in total. The molecule has 0 saturated heterocycles. The maximum Gasteiger partial charge on any atom is 0.410 e. The van der Waals surface area contributed by atoms with E-state index in [2.05, 4.69) is 15.9 Å². The molecule has 0 aliphatic heterocycles. The molecule has 7 heteroatoms. The minimum Gasteiger partial charge on any atom is -0.465 e. The second-order valence-electron chi connectivity index (χ2n) is 7.16. The first kappa shape index (κ1) is 20.2. The Morgan fingerprint density at radius 3 is 2.36 bits per heavy atom. The molecule has 140 valence electrons. The summed E-state index contributed by atoms with van der Waals surface area (Å²) in [6, 6.07) is 7.26. The summed E-state index contributed by atoms with van der Waals surface area (Å²) in [7, 11) is 3.08. The van der Waals surface area contributed by atoms with Crippen LogP contribution in [0.1, 0.15) is 42.8 Å². The van der Waals surface area contributed by atoms with Crippen LogP contribution >= 0.6 is 15.9 Å². The van der Waals surface area contributed by atoms with Crippen LogP contribution < -0.4 is 0 Å². The molecule has 0 bridgehead atoms. The van der Waals surface area contributed by atoms with Crippen LogP contribution in [0, 0.1) is 5.41 Å². The van der Waals surface area contributed by atoms with Crippen molar-refractivity contribution >= 4 is 22.0 Å². The van der Waals surface area contributed by atoms with Crippen LogP contribution in [-0.2, 0) is 14.2 Å². The predicted molar refractivity (Wildman–Crippen MR) is 97.7 cm³/mol. The van der Waals surface area contributed by atoms with Gasteiger partial charge in [0.2, 0.25) is 0 Å². The summed E-state index contributed by atoms with van der Waals surface area (Å²) in [5, 5.41) is 10.00. The lowest BCUT2D eigenvalue weighted by Crippen LogP contribution is -2.52. The number of rotatable bonds is 6. The number of nitrogens with zero attached hydrogens (tertiary/aromatic N) is 1. The smallest absolute Gasteiger partial charge is 0.410 e. The van der Waals surface area contributed by atoms with Gasteiger partial charge in [0.15, 0.2) is 0 Å². The van der Waals surface area contributed by atoms with Gasteiger partial charge in [0.05, 0.1) is 10.9 Å². The molecular weight excluding hydrogens is 390 g/mol. The Balaban J connectivity index is 2.53. The number of carbonyl (C=O) groups is 1. The van der Waals surface area contributed by atoms with Gasteiger partial charge in [0.1, 0.15) is 19.1 Å². The molecule has 2 rings (SSSR count). The zero-order valence-corrected chi connectivity index (χ0v) is 16.8. The molecule has 4 atom stereocenters. The molecule has 0 heterocycles. The number of benzene rings is 1. The Labute approximate surface area is 157 Å². The molecule has 0 spiro atoms. The summed E-state index contributed by atoms with van der Waals surface area (Å²) in [5.74, 6) is 0. The molecular formula is C18H26BrNO5. The van der Waals surface area contributed by atoms with E-state index in [4.69, 9.17) is 14.2 Å². The lowest BCUT2D eigenvalue weighted by atomic mass is 9.91. The normalized spacial score (nSPS) is 24.0. The fraction of sp³-hybridized carbons (Fsp3) is 0.611. The standard InChI is InChI=1S/C18H26BrNO5/c1-18(2,3)16(24-5)20(17(21)22)14-12-9-7-6-8-11(12)13(19)15(14)25-10-23-4/h6-9,13-16H,10H2,1-5H3,(H,21,22)/t13?,14-,15-,16?/m1/s1. The van der Waals surface area contributed by atoms with Crippen molar-refractivity contribution in [2.24, 2.45) is 5.41 Å². The summed E-state index contributed by atoms with van der Waals surface area (Å²) in [5.41, 5.74) is 1.53. The first-order chi connectivity index (χ1) is 11.7. The highest BCUT2D eigenvalue weighted by Gasteiger charge is 2.49. The maximum atomic E-state index is 12.2. The molecule has 1 amide bonds.